The predicted molar refractivity (Wildman–Crippen MR) is 37.1 cm³/mol. The molecule has 0 aromatic carbocycles. The van der Waals surface area contributed by atoms with Crippen molar-refractivity contribution in [1.29, 1.82) is 0 Å². The molecule has 0 aliphatic carbocycles. The van der Waals surface area contributed by atoms with Gasteiger partial charge < -0.3 is 10.7 Å². The second-order valence-electron chi connectivity index (χ2n) is 2.41. The fourth-order valence-corrected chi connectivity index (χ4v) is 0. The zero-order chi connectivity index (χ0) is 6.08. The van der Waals surface area contributed by atoms with Gasteiger partial charge in [0.25, 0.3) is 0 Å². The summed E-state index contributed by atoms with van der Waals surface area (Å²) < 4.78 is 10.1. The Hall–Kier alpha value is 0.230. The van der Waals surface area contributed by atoms with E-state index in [0.29, 0.717) is 0 Å². The summed E-state index contributed by atoms with van der Waals surface area (Å²) in [6, 6.07) is 0. The van der Waals surface area contributed by atoms with Gasteiger partial charge in [-0.05, 0) is 20.8 Å². The van der Waals surface area contributed by atoms with Gasteiger partial charge in [0.15, 0.2) is 0 Å². The van der Waals surface area contributed by atoms with Gasteiger partial charge in [-0.3, -0.25) is 0 Å². The molecule has 5 N–H and O–H groups in total. The van der Waals surface area contributed by atoms with Crippen molar-refractivity contribution in [3.05, 3.63) is 0 Å². The standard InChI is InChI=1S/C4H11NOS.H3N/c1-4(2,3)7(5)6;/h5H2,1-3H3;1H3. The maximum absolute atomic E-state index is 10.4. The molecule has 1 atom stereocenters. The molecule has 8 heavy (non-hydrogen) atoms. The normalized spacial score (nSPS) is 14.6. The Balaban J connectivity index is 0. The van der Waals surface area contributed by atoms with Gasteiger partial charge >= 0.3 is 0 Å². The van der Waals surface area contributed by atoms with E-state index in [1.54, 1.807) is 0 Å². The van der Waals surface area contributed by atoms with Gasteiger partial charge in [0, 0.05) is 11.4 Å². The first-order chi connectivity index (χ1) is 2.94. The summed E-state index contributed by atoms with van der Waals surface area (Å²) >= 11 is -1.18. The lowest BCUT2D eigenvalue weighted by atomic mass is 10.3. The Morgan fingerprint density at radius 1 is 1.38 bits per heavy atom. The van der Waals surface area contributed by atoms with Gasteiger partial charge in [0.1, 0.15) is 4.75 Å². The molecular weight excluding hydrogens is 124 g/mol. The number of hydrogen-bond acceptors (Lipinski definition) is 3. The number of hydrogen-bond donors (Lipinski definition) is 2. The van der Waals surface area contributed by atoms with Crippen LogP contribution < -0.4 is 11.3 Å². The van der Waals surface area contributed by atoms with Crippen molar-refractivity contribution in [1.82, 2.24) is 6.15 Å². The quantitative estimate of drug-likeness (QED) is 0.480. The van der Waals surface area contributed by atoms with E-state index in [9.17, 15) is 4.55 Å². The van der Waals surface area contributed by atoms with Crippen molar-refractivity contribution >= 4 is 11.4 Å². The molecule has 0 saturated heterocycles. The molecule has 0 aromatic heterocycles. The van der Waals surface area contributed by atoms with E-state index >= 15 is 0 Å². The van der Waals surface area contributed by atoms with Gasteiger partial charge in [0.05, 0.1) is 0 Å². The SMILES string of the molecule is CC(C)(C)[S+](N)[O-].N. The van der Waals surface area contributed by atoms with E-state index in [1.165, 1.54) is 0 Å². The molecule has 0 bridgehead atoms. The first-order valence-corrected chi connectivity index (χ1v) is 3.32. The third-order valence-electron chi connectivity index (χ3n) is 0.604. The van der Waals surface area contributed by atoms with Crippen LogP contribution in [0.1, 0.15) is 20.8 Å². The van der Waals surface area contributed by atoms with E-state index in [1.807, 2.05) is 20.8 Å². The molecule has 0 radical (unpaired) electrons. The molecular formula is C4H14N2OS. The third-order valence-corrected chi connectivity index (χ3v) is 1.81. The second-order valence-corrected chi connectivity index (χ2v) is 4.23. The molecule has 3 nitrogen and oxygen atoms in total. The van der Waals surface area contributed by atoms with Crippen LogP contribution in [0.15, 0.2) is 0 Å². The molecule has 0 spiro atoms. The topological polar surface area (TPSA) is 84.1 Å². The molecule has 0 aliphatic rings. The van der Waals surface area contributed by atoms with Crippen LogP contribution in [0.5, 0.6) is 0 Å². The Bertz CT molecular complexity index is 59.5. The highest BCUT2D eigenvalue weighted by Gasteiger charge is 2.21. The second kappa shape index (κ2) is 3.29. The van der Waals surface area contributed by atoms with Crippen LogP contribution in [0.2, 0.25) is 0 Å². The third kappa shape index (κ3) is 4.39. The number of nitrogens with two attached hydrogens (primary N) is 1. The zero-order valence-corrected chi connectivity index (χ0v) is 6.42. The monoisotopic (exact) mass is 138 g/mol. The van der Waals surface area contributed by atoms with Crippen molar-refractivity contribution in [3.63, 3.8) is 0 Å². The first kappa shape index (κ1) is 11.1. The minimum atomic E-state index is -1.18. The summed E-state index contributed by atoms with van der Waals surface area (Å²) in [5, 5.41) is 5.04. The highest BCUT2D eigenvalue weighted by atomic mass is 32.2. The summed E-state index contributed by atoms with van der Waals surface area (Å²) in [6.07, 6.45) is 0. The van der Waals surface area contributed by atoms with Gasteiger partial charge in [0.2, 0.25) is 0 Å². The lowest BCUT2D eigenvalue weighted by Crippen LogP contribution is -2.34. The smallest absolute Gasteiger partial charge is 0.136 e. The van der Waals surface area contributed by atoms with Gasteiger partial charge in [-0.2, -0.15) is 5.14 Å². The largest absolute Gasteiger partial charge is 0.598 e. The van der Waals surface area contributed by atoms with E-state index < -0.39 is 11.4 Å². The lowest BCUT2D eigenvalue weighted by Gasteiger charge is -2.17. The molecule has 0 rings (SSSR count). The molecule has 0 fully saturated rings. The van der Waals surface area contributed by atoms with E-state index in [4.69, 9.17) is 5.14 Å². The predicted octanol–water partition coefficient (Wildman–Crippen LogP) is 0.569. The van der Waals surface area contributed by atoms with E-state index in [0.717, 1.165) is 0 Å². The van der Waals surface area contributed by atoms with E-state index in [-0.39, 0.29) is 10.9 Å². The Kier molecular flexibility index (Phi) is 4.56. The van der Waals surface area contributed by atoms with Crippen LogP contribution in [-0.4, -0.2) is 9.30 Å². The molecule has 0 amide bonds. The Morgan fingerprint density at radius 2 is 1.50 bits per heavy atom. The van der Waals surface area contributed by atoms with Crippen LogP contribution in [0, 0.1) is 0 Å². The molecule has 0 saturated carbocycles. The molecule has 4 heteroatoms. The molecule has 0 aromatic rings. The average Bonchev–Trinajstić information content (AvgIpc) is 1.31. The summed E-state index contributed by atoms with van der Waals surface area (Å²) in [5.41, 5.74) is 0. The van der Waals surface area contributed by atoms with Crippen molar-refractivity contribution in [2.24, 2.45) is 5.14 Å². The average molecular weight is 138 g/mol. The maximum atomic E-state index is 10.4. The lowest BCUT2D eigenvalue weighted by molar-refractivity contribution is 0.561. The van der Waals surface area contributed by atoms with E-state index in [2.05, 4.69) is 0 Å². The fourth-order valence-electron chi connectivity index (χ4n) is 0. The van der Waals surface area contributed by atoms with Gasteiger partial charge in [-0.25, -0.2) is 0 Å². The summed E-state index contributed by atoms with van der Waals surface area (Å²) in [6.45, 7) is 5.51. The van der Waals surface area contributed by atoms with Crippen molar-refractivity contribution in [3.8, 4) is 0 Å². The Labute approximate surface area is 53.5 Å². The van der Waals surface area contributed by atoms with Crippen LogP contribution in [-0.2, 0) is 11.4 Å². The minimum Gasteiger partial charge on any atom is -0.598 e. The summed E-state index contributed by atoms with van der Waals surface area (Å²) in [4.78, 5) is 0. The van der Waals surface area contributed by atoms with Crippen molar-refractivity contribution < 1.29 is 4.55 Å². The number of rotatable bonds is 0. The molecule has 0 aliphatic heterocycles. The van der Waals surface area contributed by atoms with Gasteiger partial charge in [-0.15, -0.1) is 0 Å². The highest BCUT2D eigenvalue weighted by molar-refractivity contribution is 7.90. The Morgan fingerprint density at radius 3 is 1.50 bits per heavy atom. The summed E-state index contributed by atoms with van der Waals surface area (Å²) in [5.74, 6) is 0. The minimum absolute atomic E-state index is 0. The summed E-state index contributed by atoms with van der Waals surface area (Å²) in [7, 11) is 0. The first-order valence-electron chi connectivity index (χ1n) is 2.11. The van der Waals surface area contributed by atoms with Crippen molar-refractivity contribution in [2.75, 3.05) is 0 Å². The van der Waals surface area contributed by atoms with Crippen molar-refractivity contribution in [2.45, 2.75) is 25.5 Å². The van der Waals surface area contributed by atoms with Gasteiger partial charge in [-0.1, -0.05) is 0 Å². The fraction of sp³-hybridized carbons (Fsp3) is 1.00. The van der Waals surface area contributed by atoms with Crippen LogP contribution in [0.25, 0.3) is 0 Å². The van der Waals surface area contributed by atoms with Crippen LogP contribution >= 0.6 is 0 Å². The van der Waals surface area contributed by atoms with Crippen LogP contribution in [0.4, 0.5) is 0 Å². The molecule has 1 unspecified atom stereocenters. The van der Waals surface area contributed by atoms with Crippen LogP contribution in [0.3, 0.4) is 0 Å². The molecule has 52 valence electrons. The molecule has 0 heterocycles. The highest BCUT2D eigenvalue weighted by Crippen LogP contribution is 2.09. The zero-order valence-electron chi connectivity index (χ0n) is 5.60. The maximum Gasteiger partial charge on any atom is 0.136 e.